The number of nitrogens with zero attached hydrogens (tertiary/aromatic N) is 3. The van der Waals surface area contributed by atoms with Crippen LogP contribution in [0, 0.1) is 13.8 Å². The number of aliphatic hydroxyl groups is 1. The summed E-state index contributed by atoms with van der Waals surface area (Å²) in [5.74, 6) is 0. The van der Waals surface area contributed by atoms with Crippen LogP contribution in [0.3, 0.4) is 0 Å². The van der Waals surface area contributed by atoms with Crippen molar-refractivity contribution >= 4 is 40.5 Å². The Labute approximate surface area is 197 Å². The third-order valence-electron chi connectivity index (χ3n) is 5.69. The number of pyridine rings is 1. The zero-order valence-electron chi connectivity index (χ0n) is 17.3. The lowest BCUT2D eigenvalue weighted by Gasteiger charge is -2.28. The lowest BCUT2D eigenvalue weighted by Crippen LogP contribution is -2.31. The summed E-state index contributed by atoms with van der Waals surface area (Å²) in [7, 11) is 0. The van der Waals surface area contributed by atoms with Crippen LogP contribution < -0.4 is 5.32 Å². The first-order valence-corrected chi connectivity index (χ1v) is 11.3. The summed E-state index contributed by atoms with van der Waals surface area (Å²) in [6.07, 6.45) is 2.43. The number of nitrogens with one attached hydrogen (secondary N) is 1. The highest BCUT2D eigenvalue weighted by Crippen LogP contribution is 2.42. The van der Waals surface area contributed by atoms with E-state index < -0.39 is 0 Å². The van der Waals surface area contributed by atoms with Crippen molar-refractivity contribution in [2.75, 3.05) is 13.2 Å². The summed E-state index contributed by atoms with van der Waals surface area (Å²) < 4.78 is 2.15. The van der Waals surface area contributed by atoms with Crippen molar-refractivity contribution in [1.82, 2.24) is 19.8 Å². The lowest BCUT2D eigenvalue weighted by molar-refractivity contribution is 0.247. The minimum Gasteiger partial charge on any atom is -0.396 e. The Balaban J connectivity index is 1.83. The average Bonchev–Trinajstić information content (AvgIpc) is 3.23. The van der Waals surface area contributed by atoms with Gasteiger partial charge >= 0.3 is 0 Å². The van der Waals surface area contributed by atoms with Gasteiger partial charge < -0.3 is 19.9 Å². The van der Waals surface area contributed by atoms with Crippen molar-refractivity contribution < 1.29 is 5.11 Å². The molecule has 8 heteroatoms. The van der Waals surface area contributed by atoms with Gasteiger partial charge in [-0.25, -0.2) is 0 Å². The molecule has 0 spiro atoms. The molecule has 1 fully saturated rings. The maximum absolute atomic E-state index is 9.42. The normalized spacial score (nSPS) is 18.5. The molecule has 2 N–H and O–H groups in total. The van der Waals surface area contributed by atoms with E-state index in [4.69, 9.17) is 35.4 Å². The van der Waals surface area contributed by atoms with E-state index in [-0.39, 0.29) is 18.7 Å². The monoisotopic (exact) mass is 474 g/mol. The number of hydrogen-bond acceptors (Lipinski definition) is 3. The molecule has 1 saturated heterocycles. The molecule has 2 aromatic heterocycles. The minimum absolute atomic E-state index is 0.0556. The number of rotatable bonds is 6. The highest BCUT2D eigenvalue weighted by molar-refractivity contribution is 7.80. The Kier molecular flexibility index (Phi) is 6.53. The van der Waals surface area contributed by atoms with Gasteiger partial charge in [0.1, 0.15) is 0 Å². The molecule has 1 aliphatic rings. The number of aryl methyl sites for hydroxylation is 1. The molecule has 31 heavy (non-hydrogen) atoms. The van der Waals surface area contributed by atoms with Crippen molar-refractivity contribution in [3.05, 3.63) is 81.4 Å². The van der Waals surface area contributed by atoms with Crippen molar-refractivity contribution in [3.8, 4) is 5.69 Å². The van der Waals surface area contributed by atoms with Gasteiger partial charge in [0, 0.05) is 35.8 Å². The molecule has 1 aliphatic heterocycles. The van der Waals surface area contributed by atoms with Crippen LogP contribution in [-0.4, -0.2) is 37.8 Å². The third kappa shape index (κ3) is 4.17. The summed E-state index contributed by atoms with van der Waals surface area (Å²) in [4.78, 5) is 6.74. The second kappa shape index (κ2) is 9.17. The molecule has 0 aliphatic carbocycles. The molecule has 0 bridgehead atoms. The van der Waals surface area contributed by atoms with E-state index in [1.54, 1.807) is 12.3 Å². The van der Waals surface area contributed by atoms with Crippen LogP contribution >= 0.6 is 35.4 Å². The van der Waals surface area contributed by atoms with Crippen LogP contribution in [0.4, 0.5) is 0 Å². The number of benzene rings is 1. The molecule has 3 heterocycles. The van der Waals surface area contributed by atoms with Crippen molar-refractivity contribution in [1.29, 1.82) is 0 Å². The van der Waals surface area contributed by atoms with E-state index in [1.807, 2.05) is 30.3 Å². The summed E-state index contributed by atoms with van der Waals surface area (Å²) in [6, 6.07) is 13.5. The van der Waals surface area contributed by atoms with Crippen LogP contribution in [-0.2, 0) is 0 Å². The molecular formula is C23H24Cl2N4OS. The molecule has 2 atom stereocenters. The second-order valence-corrected chi connectivity index (χ2v) is 8.89. The molecule has 162 valence electrons. The van der Waals surface area contributed by atoms with Gasteiger partial charge in [0.15, 0.2) is 5.11 Å². The van der Waals surface area contributed by atoms with Gasteiger partial charge in [-0.1, -0.05) is 29.3 Å². The number of aromatic nitrogens is 2. The Hall–Kier alpha value is -2.12. The van der Waals surface area contributed by atoms with Crippen LogP contribution in [0.25, 0.3) is 5.69 Å². The molecule has 0 unspecified atom stereocenters. The highest BCUT2D eigenvalue weighted by atomic mass is 35.5. The Morgan fingerprint density at radius 3 is 2.65 bits per heavy atom. The van der Waals surface area contributed by atoms with Gasteiger partial charge in [-0.3, -0.25) is 4.98 Å². The molecular weight excluding hydrogens is 451 g/mol. The van der Waals surface area contributed by atoms with Gasteiger partial charge in [0.05, 0.1) is 28.5 Å². The minimum atomic E-state index is -0.0953. The van der Waals surface area contributed by atoms with Crippen LogP contribution in [0.2, 0.25) is 10.0 Å². The fourth-order valence-corrected chi connectivity index (χ4v) is 5.17. The van der Waals surface area contributed by atoms with E-state index in [2.05, 4.69) is 39.7 Å². The van der Waals surface area contributed by atoms with Crippen molar-refractivity contribution in [2.24, 2.45) is 0 Å². The van der Waals surface area contributed by atoms with E-state index in [9.17, 15) is 5.11 Å². The van der Waals surface area contributed by atoms with Gasteiger partial charge in [0.2, 0.25) is 0 Å². The van der Waals surface area contributed by atoms with Crippen LogP contribution in [0.5, 0.6) is 0 Å². The lowest BCUT2D eigenvalue weighted by atomic mass is 9.96. The molecule has 0 amide bonds. The molecule has 0 saturated carbocycles. The summed E-state index contributed by atoms with van der Waals surface area (Å²) in [5, 5.41) is 14.7. The maximum atomic E-state index is 9.42. The number of thiocarbonyl (C=S) groups is 1. The number of hydrogen-bond donors (Lipinski definition) is 2. The molecule has 0 radical (unpaired) electrons. The predicted molar refractivity (Wildman–Crippen MR) is 129 cm³/mol. The van der Waals surface area contributed by atoms with Gasteiger partial charge in [-0.2, -0.15) is 0 Å². The van der Waals surface area contributed by atoms with Crippen molar-refractivity contribution in [3.63, 3.8) is 0 Å². The highest BCUT2D eigenvalue weighted by Gasteiger charge is 2.41. The molecule has 5 nitrogen and oxygen atoms in total. The number of aliphatic hydroxyl groups excluding tert-OH is 1. The first kappa shape index (κ1) is 22.1. The standard InChI is InChI=1S/C23H24Cl2N4OS/c1-14-12-17(15(2)29(14)20-8-7-16(24)13-18(20)25)22-21(19-6-3-4-9-26-19)27-23(31)28(22)10-5-11-30/h3-4,6-9,12-13,21-22,30H,5,10-11H2,1-2H3,(H,27,31)/t21-,22+/m1/s1. The van der Waals surface area contributed by atoms with E-state index in [1.165, 1.54) is 0 Å². The average molecular weight is 475 g/mol. The quantitative estimate of drug-likeness (QED) is 0.483. The number of halogens is 2. The SMILES string of the molecule is Cc1cc([C@H]2[C@@H](c3ccccn3)NC(=S)N2CCCO)c(C)n1-c1ccc(Cl)cc1Cl. The molecule has 3 aromatic rings. The summed E-state index contributed by atoms with van der Waals surface area (Å²) in [6.45, 7) is 4.92. The second-order valence-electron chi connectivity index (χ2n) is 7.65. The van der Waals surface area contributed by atoms with Crippen LogP contribution in [0.15, 0.2) is 48.7 Å². The van der Waals surface area contributed by atoms with E-state index in [0.29, 0.717) is 28.1 Å². The Bertz CT molecular complexity index is 1100. The Morgan fingerprint density at radius 2 is 1.97 bits per heavy atom. The Morgan fingerprint density at radius 1 is 1.16 bits per heavy atom. The first-order chi connectivity index (χ1) is 14.9. The molecule has 1 aromatic carbocycles. The fraction of sp³-hybridized carbons (Fsp3) is 0.304. The third-order valence-corrected chi connectivity index (χ3v) is 6.58. The summed E-state index contributed by atoms with van der Waals surface area (Å²) >= 11 is 18.3. The topological polar surface area (TPSA) is 53.3 Å². The maximum Gasteiger partial charge on any atom is 0.170 e. The van der Waals surface area contributed by atoms with Crippen LogP contribution in [0.1, 0.15) is 41.1 Å². The van der Waals surface area contributed by atoms with Gasteiger partial charge in [0.25, 0.3) is 0 Å². The zero-order valence-corrected chi connectivity index (χ0v) is 19.7. The van der Waals surface area contributed by atoms with E-state index in [0.717, 1.165) is 28.3 Å². The largest absolute Gasteiger partial charge is 0.396 e. The molecule has 4 rings (SSSR count). The summed E-state index contributed by atoms with van der Waals surface area (Å²) in [5.41, 5.74) is 5.10. The smallest absolute Gasteiger partial charge is 0.170 e. The zero-order chi connectivity index (χ0) is 22.1. The van der Waals surface area contributed by atoms with Gasteiger partial charge in [-0.15, -0.1) is 0 Å². The van der Waals surface area contributed by atoms with Crippen molar-refractivity contribution in [2.45, 2.75) is 32.4 Å². The first-order valence-electron chi connectivity index (χ1n) is 10.2. The van der Waals surface area contributed by atoms with E-state index >= 15 is 0 Å². The fourth-order valence-electron chi connectivity index (χ4n) is 4.35. The predicted octanol–water partition coefficient (Wildman–Crippen LogP) is 5.15. The van der Waals surface area contributed by atoms with Gasteiger partial charge in [-0.05, 0) is 74.4 Å².